The third kappa shape index (κ3) is 3.17. The molecule has 2 unspecified atom stereocenters. The van der Waals surface area contributed by atoms with Crippen LogP contribution in [0.4, 0.5) is 11.9 Å². The molecule has 29 heavy (non-hydrogen) atoms. The minimum atomic E-state index is -0.261. The van der Waals surface area contributed by atoms with E-state index in [1.54, 1.807) is 4.68 Å². The molecule has 2 amide bonds. The number of amides is 2. The Labute approximate surface area is 172 Å². The van der Waals surface area contributed by atoms with Gasteiger partial charge >= 0.3 is 0 Å². The topological polar surface area (TPSA) is 80.1 Å². The van der Waals surface area contributed by atoms with Crippen molar-refractivity contribution in [2.24, 2.45) is 0 Å². The van der Waals surface area contributed by atoms with E-state index in [9.17, 15) is 9.59 Å². The van der Waals surface area contributed by atoms with Gasteiger partial charge < -0.3 is 5.32 Å². The monoisotopic (exact) mass is 407 g/mol. The average molecular weight is 408 g/mol. The Morgan fingerprint density at radius 3 is 2.31 bits per heavy atom. The van der Waals surface area contributed by atoms with Crippen LogP contribution in [-0.2, 0) is 9.59 Å². The second-order valence-corrected chi connectivity index (χ2v) is 7.65. The minimum Gasteiger partial charge on any atom is -0.347 e. The van der Waals surface area contributed by atoms with E-state index in [0.717, 1.165) is 22.4 Å². The maximum Gasteiger partial charge on any atom is 0.260 e. The van der Waals surface area contributed by atoms with Crippen LogP contribution < -0.4 is 10.2 Å². The van der Waals surface area contributed by atoms with Gasteiger partial charge in [-0.05, 0) is 29.7 Å². The van der Waals surface area contributed by atoms with Crippen LogP contribution in [0.25, 0.3) is 0 Å². The molecule has 2 aliphatic rings. The fraction of sp³-hybridized carbons (Fsp3) is 0.238. The van der Waals surface area contributed by atoms with Gasteiger partial charge in [-0.25, -0.2) is 9.58 Å². The molecule has 1 aromatic heterocycles. The van der Waals surface area contributed by atoms with Gasteiger partial charge in [0.15, 0.2) is 0 Å². The number of aromatic nitrogens is 3. The zero-order valence-electron chi connectivity index (χ0n) is 15.5. The lowest BCUT2D eigenvalue weighted by Crippen LogP contribution is -2.30. The quantitative estimate of drug-likeness (QED) is 0.669. The van der Waals surface area contributed by atoms with Crippen molar-refractivity contribution < 1.29 is 9.59 Å². The molecule has 0 aliphatic carbocycles. The second kappa shape index (κ2) is 7.00. The molecule has 2 atom stereocenters. The number of halogens is 1. The molecule has 3 aromatic rings. The van der Waals surface area contributed by atoms with Gasteiger partial charge in [-0.2, -0.15) is 4.98 Å². The number of benzene rings is 2. The number of rotatable bonds is 3. The summed E-state index contributed by atoms with van der Waals surface area (Å²) in [7, 11) is 0. The predicted octanol–water partition coefficient (Wildman–Crippen LogP) is 3.73. The van der Waals surface area contributed by atoms with E-state index >= 15 is 0 Å². The Morgan fingerprint density at radius 1 is 0.931 bits per heavy atom. The third-order valence-electron chi connectivity index (χ3n) is 5.39. The van der Waals surface area contributed by atoms with Crippen molar-refractivity contribution in [3.8, 4) is 0 Å². The molecule has 2 aliphatic heterocycles. The Kier molecular flexibility index (Phi) is 4.32. The molecule has 0 saturated carbocycles. The molecule has 5 rings (SSSR count). The van der Waals surface area contributed by atoms with Crippen LogP contribution in [0.1, 0.15) is 42.5 Å². The van der Waals surface area contributed by atoms with Gasteiger partial charge in [-0.3, -0.25) is 9.59 Å². The first-order valence-electron chi connectivity index (χ1n) is 9.49. The summed E-state index contributed by atoms with van der Waals surface area (Å²) in [6.45, 7) is 0. The number of imide groups is 1. The number of nitrogens with zero attached hydrogens (tertiary/aromatic N) is 4. The van der Waals surface area contributed by atoms with E-state index in [2.05, 4.69) is 15.4 Å². The fourth-order valence-electron chi connectivity index (χ4n) is 3.93. The van der Waals surface area contributed by atoms with Crippen LogP contribution in [0.5, 0.6) is 0 Å². The Hall–Kier alpha value is -3.19. The third-order valence-corrected chi connectivity index (χ3v) is 5.64. The first-order chi connectivity index (χ1) is 14.1. The standard InChI is InChI=1S/C21H18ClN5O2/c22-15-8-6-13(7-9-15)16-12-17(14-4-2-1-3-5-14)27-20(23-16)24-21(25-27)26-18(28)10-11-19(26)29/h1-9,16-17H,10-12H2,(H,23,24,25). The summed E-state index contributed by atoms with van der Waals surface area (Å²) in [5, 5.41) is 8.62. The van der Waals surface area contributed by atoms with Crippen molar-refractivity contribution in [2.75, 3.05) is 10.2 Å². The second-order valence-electron chi connectivity index (χ2n) is 7.21. The number of nitrogens with one attached hydrogen (secondary N) is 1. The Balaban J connectivity index is 1.57. The van der Waals surface area contributed by atoms with Crippen molar-refractivity contribution in [1.29, 1.82) is 0 Å². The average Bonchev–Trinajstić information content (AvgIpc) is 3.30. The van der Waals surface area contributed by atoms with Crippen LogP contribution in [0.3, 0.4) is 0 Å². The number of fused-ring (bicyclic) bond motifs is 1. The zero-order chi connectivity index (χ0) is 20.0. The summed E-state index contributed by atoms with van der Waals surface area (Å²) in [5.41, 5.74) is 2.17. The highest BCUT2D eigenvalue weighted by atomic mass is 35.5. The van der Waals surface area contributed by atoms with Crippen molar-refractivity contribution in [3.05, 3.63) is 70.7 Å². The first-order valence-corrected chi connectivity index (χ1v) is 9.87. The van der Waals surface area contributed by atoms with E-state index in [0.29, 0.717) is 11.0 Å². The van der Waals surface area contributed by atoms with Crippen LogP contribution in [-0.4, -0.2) is 26.6 Å². The van der Waals surface area contributed by atoms with Crippen molar-refractivity contribution >= 4 is 35.3 Å². The number of carbonyl (C=O) groups is 2. The number of carbonyl (C=O) groups excluding carboxylic acids is 2. The van der Waals surface area contributed by atoms with Crippen LogP contribution in [0.2, 0.25) is 5.02 Å². The molecule has 0 spiro atoms. The lowest BCUT2D eigenvalue weighted by molar-refractivity contribution is -0.121. The fourth-order valence-corrected chi connectivity index (χ4v) is 4.05. The zero-order valence-corrected chi connectivity index (χ0v) is 16.2. The molecule has 1 fully saturated rings. The van der Waals surface area contributed by atoms with Crippen LogP contribution >= 0.6 is 11.6 Å². The molecule has 8 heteroatoms. The van der Waals surface area contributed by atoms with E-state index in [-0.39, 0.29) is 42.7 Å². The summed E-state index contributed by atoms with van der Waals surface area (Å²) < 4.78 is 1.77. The predicted molar refractivity (Wildman–Crippen MR) is 109 cm³/mol. The molecular weight excluding hydrogens is 390 g/mol. The summed E-state index contributed by atoms with van der Waals surface area (Å²) in [6, 6.07) is 17.7. The van der Waals surface area contributed by atoms with E-state index in [1.165, 1.54) is 0 Å². The number of hydrogen-bond donors (Lipinski definition) is 1. The maximum atomic E-state index is 12.2. The largest absolute Gasteiger partial charge is 0.347 e. The summed E-state index contributed by atoms with van der Waals surface area (Å²) >= 11 is 6.04. The van der Waals surface area contributed by atoms with Crippen LogP contribution in [0, 0.1) is 0 Å². The van der Waals surface area contributed by atoms with E-state index in [1.807, 2.05) is 54.6 Å². The number of anilines is 2. The summed E-state index contributed by atoms with van der Waals surface area (Å²) in [6.07, 6.45) is 1.14. The van der Waals surface area contributed by atoms with Gasteiger partial charge in [-0.15, -0.1) is 5.10 Å². The molecule has 3 heterocycles. The van der Waals surface area contributed by atoms with E-state index < -0.39 is 0 Å². The molecule has 1 saturated heterocycles. The summed E-state index contributed by atoms with van der Waals surface area (Å²) in [5.74, 6) is 0.150. The highest BCUT2D eigenvalue weighted by Gasteiger charge is 2.37. The molecule has 7 nitrogen and oxygen atoms in total. The maximum absolute atomic E-state index is 12.2. The molecule has 2 aromatic carbocycles. The molecule has 146 valence electrons. The van der Waals surface area contributed by atoms with Crippen molar-refractivity contribution in [1.82, 2.24) is 14.8 Å². The van der Waals surface area contributed by atoms with Gasteiger partial charge in [0.05, 0.1) is 12.1 Å². The highest BCUT2D eigenvalue weighted by molar-refractivity contribution is 6.30. The van der Waals surface area contributed by atoms with E-state index in [4.69, 9.17) is 11.6 Å². The highest BCUT2D eigenvalue weighted by Crippen LogP contribution is 2.39. The van der Waals surface area contributed by atoms with Gasteiger partial charge in [0.1, 0.15) is 0 Å². The number of hydrogen-bond acceptors (Lipinski definition) is 5. The first kappa shape index (κ1) is 17.9. The van der Waals surface area contributed by atoms with Crippen molar-refractivity contribution in [2.45, 2.75) is 31.3 Å². The van der Waals surface area contributed by atoms with Gasteiger partial charge in [0, 0.05) is 17.9 Å². The molecule has 0 bridgehead atoms. The van der Waals surface area contributed by atoms with Gasteiger partial charge in [0.25, 0.3) is 5.95 Å². The lowest BCUT2D eigenvalue weighted by atomic mass is 9.93. The van der Waals surface area contributed by atoms with Gasteiger partial charge in [-0.1, -0.05) is 54.1 Å². The summed E-state index contributed by atoms with van der Waals surface area (Å²) in [4.78, 5) is 29.9. The lowest BCUT2D eigenvalue weighted by Gasteiger charge is -2.31. The molecular formula is C21H18ClN5O2. The Bertz CT molecular complexity index is 1060. The van der Waals surface area contributed by atoms with Crippen molar-refractivity contribution in [3.63, 3.8) is 0 Å². The van der Waals surface area contributed by atoms with Gasteiger partial charge in [0.2, 0.25) is 17.8 Å². The normalized spacial score (nSPS) is 21.2. The SMILES string of the molecule is O=C1CCC(=O)N1c1nc2n(n1)C(c1ccccc1)CC(c1ccc(Cl)cc1)N2. The van der Waals surface area contributed by atoms with Crippen LogP contribution in [0.15, 0.2) is 54.6 Å². The Morgan fingerprint density at radius 2 is 1.62 bits per heavy atom. The minimum absolute atomic E-state index is 0.00740. The smallest absolute Gasteiger partial charge is 0.260 e. The molecule has 0 radical (unpaired) electrons. The molecule has 1 N–H and O–H groups in total.